The van der Waals surface area contributed by atoms with Gasteiger partial charge < -0.3 is 15.2 Å². The van der Waals surface area contributed by atoms with Crippen molar-refractivity contribution in [1.29, 1.82) is 0 Å². The monoisotopic (exact) mass is 340 g/mol. The molecule has 3 heterocycles. The number of aromatic amines is 1. The van der Waals surface area contributed by atoms with Gasteiger partial charge in [-0.2, -0.15) is 0 Å². The molecule has 0 spiro atoms. The first-order valence-electron chi connectivity index (χ1n) is 9.50. The lowest BCUT2D eigenvalue weighted by Gasteiger charge is -2.42. The second-order valence-corrected chi connectivity index (χ2v) is 8.00. The Morgan fingerprint density at radius 2 is 2.20 bits per heavy atom. The molecule has 2 fully saturated rings. The van der Waals surface area contributed by atoms with Gasteiger partial charge in [0.25, 0.3) is 5.91 Å². The van der Waals surface area contributed by atoms with E-state index in [0.717, 1.165) is 23.1 Å². The third kappa shape index (κ3) is 3.17. The fourth-order valence-electron chi connectivity index (χ4n) is 4.49. The van der Waals surface area contributed by atoms with E-state index in [-0.39, 0.29) is 11.9 Å². The molecule has 5 nitrogen and oxygen atoms in total. The Balaban J connectivity index is 1.57. The predicted molar refractivity (Wildman–Crippen MR) is 99.6 cm³/mol. The molecule has 1 amide bonds. The van der Waals surface area contributed by atoms with Gasteiger partial charge in [-0.1, -0.05) is 6.92 Å². The van der Waals surface area contributed by atoms with E-state index in [0.29, 0.717) is 23.6 Å². The van der Waals surface area contributed by atoms with Crippen molar-refractivity contribution < 1.29 is 4.79 Å². The molecule has 3 atom stereocenters. The van der Waals surface area contributed by atoms with E-state index in [1.54, 1.807) is 6.20 Å². The Morgan fingerprint density at radius 3 is 2.88 bits per heavy atom. The van der Waals surface area contributed by atoms with Gasteiger partial charge in [0.1, 0.15) is 5.69 Å². The number of likely N-dealkylation sites (N-methyl/N-ethyl adjacent to an activating group) is 1. The molecule has 1 saturated carbocycles. The van der Waals surface area contributed by atoms with Gasteiger partial charge in [0.2, 0.25) is 0 Å². The van der Waals surface area contributed by atoms with Gasteiger partial charge >= 0.3 is 0 Å². The number of nitrogens with one attached hydrogen (secondary N) is 2. The predicted octanol–water partition coefficient (Wildman–Crippen LogP) is 3.11. The highest BCUT2D eigenvalue weighted by Gasteiger charge is 2.42. The van der Waals surface area contributed by atoms with Gasteiger partial charge in [0.15, 0.2) is 0 Å². The fourth-order valence-corrected chi connectivity index (χ4v) is 4.49. The normalized spacial score (nSPS) is 25.9. The highest BCUT2D eigenvalue weighted by Crippen LogP contribution is 2.39. The molecule has 2 N–H and O–H groups in total. The number of aromatic nitrogens is 2. The second kappa shape index (κ2) is 6.45. The number of likely N-dealkylation sites (tertiary alicyclic amines) is 1. The third-order valence-corrected chi connectivity index (χ3v) is 6.03. The summed E-state index contributed by atoms with van der Waals surface area (Å²) in [5, 5.41) is 3.37. The largest absolute Gasteiger partial charge is 0.349 e. The molecule has 3 unspecified atom stereocenters. The smallest absolute Gasteiger partial charge is 0.268 e. The van der Waals surface area contributed by atoms with Crippen LogP contribution in [0.2, 0.25) is 0 Å². The van der Waals surface area contributed by atoms with Gasteiger partial charge in [-0.15, -0.1) is 0 Å². The SMILES string of the molecule is Cc1ccnc2cc(C(=O)NC(C3CC3)C3C(C)CCCN3C)[nH]c12. The molecule has 5 heteroatoms. The number of aryl methyl sites for hydroxylation is 1. The molecule has 2 aliphatic rings. The maximum absolute atomic E-state index is 12.9. The zero-order chi connectivity index (χ0) is 17.6. The number of fused-ring (bicyclic) bond motifs is 1. The number of pyridine rings is 1. The topological polar surface area (TPSA) is 61.0 Å². The number of hydrogen-bond donors (Lipinski definition) is 2. The highest BCUT2D eigenvalue weighted by molar-refractivity contribution is 5.97. The average molecular weight is 340 g/mol. The van der Waals surface area contributed by atoms with Crippen LogP contribution in [-0.2, 0) is 0 Å². The van der Waals surface area contributed by atoms with E-state index < -0.39 is 0 Å². The van der Waals surface area contributed by atoms with E-state index in [2.05, 4.69) is 34.2 Å². The molecule has 2 aromatic rings. The highest BCUT2D eigenvalue weighted by atomic mass is 16.2. The van der Waals surface area contributed by atoms with E-state index in [4.69, 9.17) is 0 Å². The fraction of sp³-hybridized carbons (Fsp3) is 0.600. The molecule has 4 rings (SSSR count). The second-order valence-electron chi connectivity index (χ2n) is 8.00. The lowest BCUT2D eigenvalue weighted by atomic mass is 9.84. The van der Waals surface area contributed by atoms with Gasteiger partial charge in [-0.05, 0) is 75.7 Å². The quantitative estimate of drug-likeness (QED) is 0.899. The van der Waals surface area contributed by atoms with Crippen LogP contribution in [0.15, 0.2) is 18.3 Å². The van der Waals surface area contributed by atoms with Crippen LogP contribution in [-0.4, -0.2) is 46.5 Å². The Labute approximate surface area is 149 Å². The summed E-state index contributed by atoms with van der Waals surface area (Å²) in [7, 11) is 2.21. The molecular weight excluding hydrogens is 312 g/mol. The van der Waals surface area contributed by atoms with Crippen LogP contribution in [0.3, 0.4) is 0 Å². The van der Waals surface area contributed by atoms with Crippen molar-refractivity contribution in [1.82, 2.24) is 20.2 Å². The summed E-state index contributed by atoms with van der Waals surface area (Å²) in [5.41, 5.74) is 3.55. The van der Waals surface area contributed by atoms with Gasteiger partial charge in [0, 0.05) is 18.3 Å². The maximum Gasteiger partial charge on any atom is 0.268 e. The third-order valence-electron chi connectivity index (χ3n) is 6.03. The van der Waals surface area contributed by atoms with Crippen LogP contribution in [0.1, 0.15) is 48.7 Å². The molecular formula is C20H28N4O. The van der Waals surface area contributed by atoms with Crippen molar-refractivity contribution in [2.75, 3.05) is 13.6 Å². The zero-order valence-corrected chi connectivity index (χ0v) is 15.4. The van der Waals surface area contributed by atoms with E-state index in [9.17, 15) is 4.79 Å². The first kappa shape index (κ1) is 16.6. The number of carbonyl (C=O) groups excluding carboxylic acids is 1. The van der Waals surface area contributed by atoms with Crippen molar-refractivity contribution in [3.8, 4) is 0 Å². The van der Waals surface area contributed by atoms with Crippen LogP contribution >= 0.6 is 0 Å². The van der Waals surface area contributed by atoms with Crippen LogP contribution in [0.4, 0.5) is 0 Å². The molecule has 0 radical (unpaired) electrons. The van der Waals surface area contributed by atoms with E-state index in [1.807, 2.05) is 19.1 Å². The molecule has 0 aromatic carbocycles. The summed E-state index contributed by atoms with van der Waals surface area (Å²) in [6, 6.07) is 4.52. The zero-order valence-electron chi connectivity index (χ0n) is 15.4. The summed E-state index contributed by atoms with van der Waals surface area (Å²) >= 11 is 0. The number of piperidine rings is 1. The Bertz CT molecular complexity index is 769. The first-order chi connectivity index (χ1) is 12.0. The molecule has 134 valence electrons. The number of H-pyrrole nitrogens is 1. The van der Waals surface area contributed by atoms with Crippen LogP contribution in [0, 0.1) is 18.8 Å². The summed E-state index contributed by atoms with van der Waals surface area (Å²) in [6.45, 7) is 5.50. The lowest BCUT2D eigenvalue weighted by Crippen LogP contribution is -2.56. The molecule has 0 bridgehead atoms. The van der Waals surface area contributed by atoms with Crippen molar-refractivity contribution in [3.05, 3.63) is 29.6 Å². The maximum atomic E-state index is 12.9. The molecule has 1 saturated heterocycles. The average Bonchev–Trinajstić information content (AvgIpc) is 3.32. The molecule has 2 aromatic heterocycles. The minimum absolute atomic E-state index is 0.000438. The molecule has 25 heavy (non-hydrogen) atoms. The summed E-state index contributed by atoms with van der Waals surface area (Å²) in [6.07, 6.45) is 6.76. The number of amides is 1. The minimum atomic E-state index is 0.000438. The molecule has 1 aliphatic carbocycles. The minimum Gasteiger partial charge on any atom is -0.349 e. The van der Waals surface area contributed by atoms with Gasteiger partial charge in [0.05, 0.1) is 11.0 Å². The Kier molecular flexibility index (Phi) is 4.28. The Morgan fingerprint density at radius 1 is 1.40 bits per heavy atom. The molecule has 1 aliphatic heterocycles. The van der Waals surface area contributed by atoms with Crippen LogP contribution in [0.25, 0.3) is 11.0 Å². The Hall–Kier alpha value is -1.88. The van der Waals surface area contributed by atoms with Crippen molar-refractivity contribution in [3.63, 3.8) is 0 Å². The van der Waals surface area contributed by atoms with E-state index in [1.165, 1.54) is 25.7 Å². The number of nitrogens with zero attached hydrogens (tertiary/aromatic N) is 2. The lowest BCUT2D eigenvalue weighted by molar-refractivity contribution is 0.0719. The number of hydrogen-bond acceptors (Lipinski definition) is 3. The number of rotatable bonds is 4. The standard InChI is InChI=1S/C20H28N4O/c1-12-8-9-21-15-11-16(22-17(12)15)20(25)23-18(14-6-7-14)19-13(2)5-4-10-24(19)3/h8-9,11,13-14,18-19,22H,4-7,10H2,1-3H3,(H,23,25). The van der Waals surface area contributed by atoms with Crippen LogP contribution < -0.4 is 5.32 Å². The van der Waals surface area contributed by atoms with Crippen molar-refractivity contribution in [2.24, 2.45) is 11.8 Å². The van der Waals surface area contributed by atoms with Gasteiger partial charge in [-0.25, -0.2) is 0 Å². The van der Waals surface area contributed by atoms with Crippen LogP contribution in [0.5, 0.6) is 0 Å². The first-order valence-corrected chi connectivity index (χ1v) is 9.50. The summed E-state index contributed by atoms with van der Waals surface area (Å²) in [5.74, 6) is 1.25. The number of carbonyl (C=O) groups is 1. The van der Waals surface area contributed by atoms with Crippen molar-refractivity contribution in [2.45, 2.75) is 51.6 Å². The van der Waals surface area contributed by atoms with E-state index >= 15 is 0 Å². The summed E-state index contributed by atoms with van der Waals surface area (Å²) in [4.78, 5) is 23.0. The summed E-state index contributed by atoms with van der Waals surface area (Å²) < 4.78 is 0. The van der Waals surface area contributed by atoms with Crippen molar-refractivity contribution >= 4 is 16.9 Å². The van der Waals surface area contributed by atoms with Gasteiger partial charge in [-0.3, -0.25) is 9.78 Å².